The zero-order valence-corrected chi connectivity index (χ0v) is 11.6. The van der Waals surface area contributed by atoms with Crippen LogP contribution in [0.15, 0.2) is 36.4 Å². The van der Waals surface area contributed by atoms with Crippen LogP contribution in [0.25, 0.3) is 0 Å². The van der Waals surface area contributed by atoms with Gasteiger partial charge in [-0.15, -0.1) is 0 Å². The van der Waals surface area contributed by atoms with Gasteiger partial charge in [0.15, 0.2) is 0 Å². The van der Waals surface area contributed by atoms with Crippen LogP contribution < -0.4 is 4.74 Å². The van der Waals surface area contributed by atoms with Crippen LogP contribution in [0.4, 0.5) is 4.39 Å². The molecule has 3 heteroatoms. The van der Waals surface area contributed by atoms with E-state index in [0.29, 0.717) is 17.7 Å². The highest BCUT2D eigenvalue weighted by Crippen LogP contribution is 2.41. The first-order valence-corrected chi connectivity index (χ1v) is 6.76. The summed E-state index contributed by atoms with van der Waals surface area (Å²) in [7, 11) is 0. The van der Waals surface area contributed by atoms with Crippen LogP contribution in [0, 0.1) is 19.7 Å². The Hall–Kier alpha value is -1.87. The number of benzene rings is 2. The van der Waals surface area contributed by atoms with E-state index in [2.05, 4.69) is 0 Å². The molecule has 0 bridgehead atoms. The number of fused-ring (bicyclic) bond motifs is 1. The van der Waals surface area contributed by atoms with Gasteiger partial charge in [0, 0.05) is 18.1 Å². The molecular formula is C17H17FO2. The molecule has 2 nitrogen and oxygen atoms in total. The van der Waals surface area contributed by atoms with E-state index in [0.717, 1.165) is 11.1 Å². The van der Waals surface area contributed by atoms with Gasteiger partial charge in [-0.2, -0.15) is 0 Å². The van der Waals surface area contributed by atoms with Crippen LogP contribution in [-0.4, -0.2) is 5.11 Å². The third kappa shape index (κ3) is 2.18. The molecule has 104 valence electrons. The second-order valence-corrected chi connectivity index (χ2v) is 5.33. The molecule has 0 aromatic heterocycles. The fourth-order valence-corrected chi connectivity index (χ4v) is 2.73. The molecule has 0 radical (unpaired) electrons. The highest BCUT2D eigenvalue weighted by atomic mass is 19.1. The van der Waals surface area contributed by atoms with E-state index in [1.807, 2.05) is 32.0 Å². The average molecular weight is 272 g/mol. The first-order chi connectivity index (χ1) is 9.56. The highest BCUT2D eigenvalue weighted by Gasteiger charge is 2.29. The summed E-state index contributed by atoms with van der Waals surface area (Å²) in [4.78, 5) is 0. The maximum absolute atomic E-state index is 13.3. The lowest BCUT2D eigenvalue weighted by Crippen LogP contribution is -2.20. The van der Waals surface area contributed by atoms with E-state index < -0.39 is 6.10 Å². The molecule has 0 saturated heterocycles. The van der Waals surface area contributed by atoms with Gasteiger partial charge in [-0.1, -0.05) is 18.2 Å². The maximum Gasteiger partial charge on any atom is 0.128 e. The minimum Gasteiger partial charge on any atom is -0.485 e. The summed E-state index contributed by atoms with van der Waals surface area (Å²) in [6, 6.07) is 10.3. The van der Waals surface area contributed by atoms with Gasteiger partial charge >= 0.3 is 0 Å². The Bertz CT molecular complexity index is 651. The van der Waals surface area contributed by atoms with Crippen LogP contribution >= 0.6 is 0 Å². The lowest BCUT2D eigenvalue weighted by Gasteiger charge is -2.31. The molecule has 2 atom stereocenters. The summed E-state index contributed by atoms with van der Waals surface area (Å²) in [5.74, 6) is 0.0900. The van der Waals surface area contributed by atoms with Gasteiger partial charge in [0.2, 0.25) is 0 Å². The monoisotopic (exact) mass is 272 g/mol. The normalized spacial score (nSPS) is 21.2. The fraction of sp³-hybridized carbons (Fsp3) is 0.294. The molecule has 0 saturated carbocycles. The van der Waals surface area contributed by atoms with E-state index in [4.69, 9.17) is 4.74 Å². The summed E-state index contributed by atoms with van der Waals surface area (Å²) in [6.07, 6.45) is -0.369. The third-order valence-corrected chi connectivity index (χ3v) is 4.03. The quantitative estimate of drug-likeness (QED) is 0.850. The molecule has 1 N–H and O–H groups in total. The van der Waals surface area contributed by atoms with Crippen LogP contribution in [0.5, 0.6) is 5.75 Å². The van der Waals surface area contributed by atoms with Crippen molar-refractivity contribution >= 4 is 0 Å². The predicted octanol–water partition coefficient (Wildman–Crippen LogP) is 4.00. The Kier molecular flexibility index (Phi) is 3.22. The number of aliphatic hydroxyl groups is 1. The van der Waals surface area contributed by atoms with Crippen molar-refractivity contribution in [3.05, 3.63) is 64.5 Å². The SMILES string of the molecule is Cc1cccc(C2CC(O)c3ccc(F)cc3O2)c1C. The number of halogens is 1. The lowest BCUT2D eigenvalue weighted by molar-refractivity contribution is 0.0650. The van der Waals surface area contributed by atoms with Gasteiger partial charge in [0.1, 0.15) is 17.7 Å². The maximum atomic E-state index is 13.3. The van der Waals surface area contributed by atoms with Crippen LogP contribution in [-0.2, 0) is 0 Å². The topological polar surface area (TPSA) is 29.5 Å². The predicted molar refractivity (Wildman–Crippen MR) is 75.3 cm³/mol. The standard InChI is InChI=1S/C17H17FO2/c1-10-4-3-5-13(11(10)2)17-9-15(19)14-7-6-12(18)8-16(14)20-17/h3-8,15,17,19H,9H2,1-2H3. The molecule has 0 aliphatic carbocycles. The minimum absolute atomic E-state index is 0.237. The Balaban J connectivity index is 2.00. The van der Waals surface area contributed by atoms with Crippen molar-refractivity contribution in [2.75, 3.05) is 0 Å². The number of aryl methyl sites for hydroxylation is 1. The van der Waals surface area contributed by atoms with Gasteiger partial charge in [-0.25, -0.2) is 4.39 Å². The molecule has 0 fully saturated rings. The van der Waals surface area contributed by atoms with Gasteiger partial charge in [0.05, 0.1) is 6.10 Å². The van der Waals surface area contributed by atoms with Crippen LogP contribution in [0.2, 0.25) is 0 Å². The van der Waals surface area contributed by atoms with Crippen molar-refractivity contribution in [3.8, 4) is 5.75 Å². The Morgan fingerprint density at radius 3 is 2.75 bits per heavy atom. The number of ether oxygens (including phenoxy) is 1. The number of aliphatic hydroxyl groups excluding tert-OH is 1. The molecule has 3 rings (SSSR count). The largest absolute Gasteiger partial charge is 0.485 e. The summed E-state index contributed by atoms with van der Waals surface area (Å²) in [5.41, 5.74) is 4.06. The first kappa shape index (κ1) is 13.1. The third-order valence-electron chi connectivity index (χ3n) is 4.03. The summed E-state index contributed by atoms with van der Waals surface area (Å²) in [6.45, 7) is 4.09. The second kappa shape index (κ2) is 4.91. The molecule has 1 aliphatic rings. The zero-order chi connectivity index (χ0) is 14.3. The molecule has 1 aliphatic heterocycles. The van der Waals surface area contributed by atoms with E-state index in [1.165, 1.54) is 17.7 Å². The van der Waals surface area contributed by atoms with E-state index in [-0.39, 0.29) is 11.9 Å². The van der Waals surface area contributed by atoms with Gasteiger partial charge in [-0.05, 0) is 42.7 Å². The van der Waals surface area contributed by atoms with Crippen molar-refractivity contribution in [2.45, 2.75) is 32.5 Å². The molecule has 0 amide bonds. The molecule has 1 heterocycles. The van der Waals surface area contributed by atoms with Crippen molar-refractivity contribution in [1.29, 1.82) is 0 Å². The fourth-order valence-electron chi connectivity index (χ4n) is 2.73. The molecule has 0 spiro atoms. The van der Waals surface area contributed by atoms with Crippen LogP contribution in [0.3, 0.4) is 0 Å². The Morgan fingerprint density at radius 2 is 1.95 bits per heavy atom. The van der Waals surface area contributed by atoms with Gasteiger partial charge in [-0.3, -0.25) is 0 Å². The molecule has 2 unspecified atom stereocenters. The van der Waals surface area contributed by atoms with Crippen molar-refractivity contribution in [2.24, 2.45) is 0 Å². The molecule has 2 aromatic rings. The van der Waals surface area contributed by atoms with E-state index >= 15 is 0 Å². The minimum atomic E-state index is -0.621. The molecular weight excluding hydrogens is 255 g/mol. The van der Waals surface area contributed by atoms with Crippen molar-refractivity contribution in [3.63, 3.8) is 0 Å². The number of rotatable bonds is 1. The summed E-state index contributed by atoms with van der Waals surface area (Å²) in [5, 5.41) is 10.2. The Labute approximate surface area is 117 Å². The van der Waals surface area contributed by atoms with Crippen molar-refractivity contribution < 1.29 is 14.2 Å². The van der Waals surface area contributed by atoms with Gasteiger partial charge in [0.25, 0.3) is 0 Å². The van der Waals surface area contributed by atoms with Crippen molar-refractivity contribution in [1.82, 2.24) is 0 Å². The summed E-state index contributed by atoms with van der Waals surface area (Å²) < 4.78 is 19.2. The average Bonchev–Trinajstić information content (AvgIpc) is 2.41. The first-order valence-electron chi connectivity index (χ1n) is 6.76. The second-order valence-electron chi connectivity index (χ2n) is 5.33. The zero-order valence-electron chi connectivity index (χ0n) is 11.6. The Morgan fingerprint density at radius 1 is 1.15 bits per heavy atom. The molecule has 20 heavy (non-hydrogen) atoms. The smallest absolute Gasteiger partial charge is 0.128 e. The number of hydrogen-bond acceptors (Lipinski definition) is 2. The lowest BCUT2D eigenvalue weighted by atomic mass is 9.91. The molecule has 2 aromatic carbocycles. The number of hydrogen-bond donors (Lipinski definition) is 1. The van der Waals surface area contributed by atoms with Crippen LogP contribution in [0.1, 0.15) is 40.9 Å². The van der Waals surface area contributed by atoms with E-state index in [1.54, 1.807) is 6.07 Å². The van der Waals surface area contributed by atoms with E-state index in [9.17, 15) is 9.50 Å². The van der Waals surface area contributed by atoms with Gasteiger partial charge < -0.3 is 9.84 Å². The summed E-state index contributed by atoms with van der Waals surface area (Å²) >= 11 is 0. The highest BCUT2D eigenvalue weighted by molar-refractivity contribution is 5.41.